The van der Waals surface area contributed by atoms with Gasteiger partial charge in [-0.3, -0.25) is 0 Å². The molecule has 0 aromatic heterocycles. The van der Waals surface area contributed by atoms with Crippen molar-refractivity contribution in [2.75, 3.05) is 0 Å². The molecule has 1 saturated carbocycles. The first-order chi connectivity index (χ1) is 6.79. The predicted molar refractivity (Wildman–Crippen MR) is 60.1 cm³/mol. The van der Waals surface area contributed by atoms with Crippen molar-refractivity contribution in [2.24, 2.45) is 17.8 Å². The van der Waals surface area contributed by atoms with Crippen LogP contribution in [0, 0.1) is 17.8 Å². The van der Waals surface area contributed by atoms with Gasteiger partial charge in [-0.1, -0.05) is 38.3 Å². The number of carbonyl (C=O) groups is 1. The molecule has 14 heavy (non-hydrogen) atoms. The van der Waals surface area contributed by atoms with E-state index in [9.17, 15) is 4.79 Å². The van der Waals surface area contributed by atoms with Gasteiger partial charge < -0.3 is 4.79 Å². The van der Waals surface area contributed by atoms with Gasteiger partial charge in [0.05, 0.1) is 0 Å². The van der Waals surface area contributed by atoms with Crippen LogP contribution in [0.2, 0.25) is 0 Å². The fraction of sp³-hybridized carbons (Fsp3) is 0.769. The number of hydrogen-bond acceptors (Lipinski definition) is 1. The maximum Gasteiger partial charge on any atom is 0.123 e. The van der Waals surface area contributed by atoms with Crippen LogP contribution in [0.4, 0.5) is 0 Å². The lowest BCUT2D eigenvalue weighted by atomic mass is 9.75. The van der Waals surface area contributed by atoms with Gasteiger partial charge >= 0.3 is 0 Å². The molecule has 1 rings (SSSR count). The van der Waals surface area contributed by atoms with Gasteiger partial charge in [-0.25, -0.2) is 0 Å². The maximum absolute atomic E-state index is 11.1. The summed E-state index contributed by atoms with van der Waals surface area (Å²) in [4.78, 5) is 11.1. The minimum Gasteiger partial charge on any atom is -0.303 e. The summed E-state index contributed by atoms with van der Waals surface area (Å²) in [6.07, 6.45) is 11.9. The molecule has 0 heterocycles. The summed E-state index contributed by atoms with van der Waals surface area (Å²) in [5, 5.41) is 0. The molecule has 1 nitrogen and oxygen atoms in total. The van der Waals surface area contributed by atoms with E-state index in [-0.39, 0.29) is 5.92 Å². The van der Waals surface area contributed by atoms with E-state index in [0.717, 1.165) is 0 Å². The minimum absolute atomic E-state index is 0.256. The zero-order valence-electron chi connectivity index (χ0n) is 9.41. The van der Waals surface area contributed by atoms with Crippen molar-refractivity contribution < 1.29 is 4.79 Å². The highest BCUT2D eigenvalue weighted by Gasteiger charge is 2.26. The van der Waals surface area contributed by atoms with E-state index < -0.39 is 0 Å². The Morgan fingerprint density at radius 2 is 1.86 bits per heavy atom. The monoisotopic (exact) mass is 194 g/mol. The molecule has 0 spiro atoms. The summed E-state index contributed by atoms with van der Waals surface area (Å²) < 4.78 is 0. The number of rotatable bonds is 4. The van der Waals surface area contributed by atoms with Crippen LogP contribution in [0.1, 0.15) is 46.0 Å². The van der Waals surface area contributed by atoms with E-state index in [1.807, 2.05) is 6.92 Å². The molecule has 0 amide bonds. The Morgan fingerprint density at radius 1 is 1.21 bits per heavy atom. The summed E-state index contributed by atoms with van der Waals surface area (Å²) in [5.41, 5.74) is 0. The normalized spacial score (nSPS) is 23.6. The lowest BCUT2D eigenvalue weighted by molar-refractivity contribution is -0.114. The third-order valence-electron chi connectivity index (χ3n) is 3.45. The third kappa shape index (κ3) is 2.97. The van der Waals surface area contributed by atoms with Crippen LogP contribution in [0.25, 0.3) is 0 Å². The average molecular weight is 194 g/mol. The van der Waals surface area contributed by atoms with Gasteiger partial charge in [-0.05, 0) is 31.6 Å². The van der Waals surface area contributed by atoms with Crippen LogP contribution in [0.5, 0.6) is 0 Å². The van der Waals surface area contributed by atoms with Gasteiger partial charge in [0.2, 0.25) is 0 Å². The lowest BCUT2D eigenvalue weighted by Crippen LogP contribution is -2.24. The Bertz CT molecular complexity index is 189. The SMILES string of the molecule is C/C=C/C(C)C(C=O)C1CCCCC1. The van der Waals surface area contributed by atoms with Gasteiger partial charge in [0, 0.05) is 5.92 Å². The molecule has 0 aromatic carbocycles. The highest BCUT2D eigenvalue weighted by Crippen LogP contribution is 2.33. The first kappa shape index (κ1) is 11.5. The standard InChI is InChI=1S/C13H22O/c1-3-7-11(2)13(10-14)12-8-5-4-6-9-12/h3,7,10-13H,4-6,8-9H2,1-2H3/b7-3+. The van der Waals surface area contributed by atoms with Gasteiger partial charge in [0.25, 0.3) is 0 Å². The van der Waals surface area contributed by atoms with E-state index in [1.54, 1.807) is 0 Å². The summed E-state index contributed by atoms with van der Waals surface area (Å²) in [6, 6.07) is 0. The first-order valence-corrected chi connectivity index (χ1v) is 5.87. The zero-order chi connectivity index (χ0) is 10.4. The average Bonchev–Trinajstić information content (AvgIpc) is 2.21. The third-order valence-corrected chi connectivity index (χ3v) is 3.45. The molecule has 1 heteroatoms. The van der Waals surface area contributed by atoms with E-state index in [0.29, 0.717) is 11.8 Å². The van der Waals surface area contributed by atoms with E-state index in [4.69, 9.17) is 0 Å². The fourth-order valence-corrected chi connectivity index (χ4v) is 2.62. The van der Waals surface area contributed by atoms with Crippen molar-refractivity contribution >= 4 is 6.29 Å². The molecule has 0 saturated heterocycles. The quantitative estimate of drug-likeness (QED) is 0.493. The largest absolute Gasteiger partial charge is 0.303 e. The minimum atomic E-state index is 0.256. The van der Waals surface area contributed by atoms with Crippen molar-refractivity contribution in [1.29, 1.82) is 0 Å². The fourth-order valence-electron chi connectivity index (χ4n) is 2.62. The zero-order valence-corrected chi connectivity index (χ0v) is 9.41. The summed E-state index contributed by atoms with van der Waals surface area (Å²) in [5.74, 6) is 1.32. The van der Waals surface area contributed by atoms with Crippen molar-refractivity contribution in [1.82, 2.24) is 0 Å². The number of carbonyl (C=O) groups excluding carboxylic acids is 1. The second kappa shape index (κ2) is 6.00. The second-order valence-electron chi connectivity index (χ2n) is 4.50. The maximum atomic E-state index is 11.1. The molecule has 0 aliphatic heterocycles. The molecule has 0 bridgehead atoms. The molecule has 0 radical (unpaired) electrons. The molecule has 2 unspecified atom stereocenters. The van der Waals surface area contributed by atoms with Crippen molar-refractivity contribution in [3.05, 3.63) is 12.2 Å². The van der Waals surface area contributed by atoms with Crippen molar-refractivity contribution in [3.63, 3.8) is 0 Å². The van der Waals surface area contributed by atoms with Crippen LogP contribution in [-0.4, -0.2) is 6.29 Å². The van der Waals surface area contributed by atoms with Gasteiger partial charge in [-0.2, -0.15) is 0 Å². The molecule has 0 N–H and O–H groups in total. The highest BCUT2D eigenvalue weighted by atomic mass is 16.1. The van der Waals surface area contributed by atoms with Crippen LogP contribution in [0.3, 0.4) is 0 Å². The Hall–Kier alpha value is -0.590. The lowest BCUT2D eigenvalue weighted by Gasteiger charge is -2.29. The first-order valence-electron chi connectivity index (χ1n) is 5.87. The van der Waals surface area contributed by atoms with E-state index in [2.05, 4.69) is 19.1 Å². The molecular weight excluding hydrogens is 172 g/mol. The number of aldehydes is 1. The molecule has 0 aromatic rings. The number of hydrogen-bond donors (Lipinski definition) is 0. The smallest absolute Gasteiger partial charge is 0.123 e. The van der Waals surface area contributed by atoms with Crippen LogP contribution >= 0.6 is 0 Å². The predicted octanol–water partition coefficient (Wildman–Crippen LogP) is 3.59. The molecule has 1 fully saturated rings. The van der Waals surface area contributed by atoms with Crippen LogP contribution < -0.4 is 0 Å². The highest BCUT2D eigenvalue weighted by molar-refractivity contribution is 5.55. The van der Waals surface area contributed by atoms with Gasteiger partial charge in [0.1, 0.15) is 6.29 Å². The Balaban J connectivity index is 2.54. The Morgan fingerprint density at radius 3 is 2.36 bits per heavy atom. The van der Waals surface area contributed by atoms with E-state index >= 15 is 0 Å². The van der Waals surface area contributed by atoms with Crippen molar-refractivity contribution in [2.45, 2.75) is 46.0 Å². The summed E-state index contributed by atoms with van der Waals surface area (Å²) >= 11 is 0. The van der Waals surface area contributed by atoms with Crippen LogP contribution in [0.15, 0.2) is 12.2 Å². The Kier molecular flexibility index (Phi) is 4.92. The number of allylic oxidation sites excluding steroid dienone is 2. The van der Waals surface area contributed by atoms with Gasteiger partial charge in [0.15, 0.2) is 0 Å². The molecule has 1 aliphatic carbocycles. The summed E-state index contributed by atoms with van der Waals surface area (Å²) in [6.45, 7) is 4.19. The van der Waals surface area contributed by atoms with Gasteiger partial charge in [-0.15, -0.1) is 0 Å². The van der Waals surface area contributed by atoms with E-state index in [1.165, 1.54) is 38.4 Å². The molecular formula is C13H22O. The molecule has 80 valence electrons. The van der Waals surface area contributed by atoms with Crippen LogP contribution in [-0.2, 0) is 4.79 Å². The second-order valence-corrected chi connectivity index (χ2v) is 4.50. The Labute approximate surface area is 87.6 Å². The topological polar surface area (TPSA) is 17.1 Å². The van der Waals surface area contributed by atoms with Crippen molar-refractivity contribution in [3.8, 4) is 0 Å². The summed E-state index contributed by atoms with van der Waals surface area (Å²) in [7, 11) is 0. The molecule has 1 aliphatic rings. The molecule has 2 atom stereocenters.